The molecule has 106 valence electrons. The van der Waals surface area contributed by atoms with Crippen molar-refractivity contribution < 1.29 is 4.74 Å². The Bertz CT molecular complexity index is 229. The molecule has 3 nitrogen and oxygen atoms in total. The number of piperidine rings is 1. The molecule has 0 aromatic heterocycles. The molecule has 0 aliphatic carbocycles. The van der Waals surface area contributed by atoms with Crippen LogP contribution in [0.1, 0.15) is 39.5 Å². The molecule has 0 amide bonds. The van der Waals surface area contributed by atoms with Crippen molar-refractivity contribution in [2.24, 2.45) is 11.8 Å². The van der Waals surface area contributed by atoms with E-state index in [1.807, 2.05) is 0 Å². The maximum atomic E-state index is 5.44. The van der Waals surface area contributed by atoms with Crippen LogP contribution in [0.5, 0.6) is 0 Å². The first-order valence-electron chi connectivity index (χ1n) is 7.83. The highest BCUT2D eigenvalue weighted by molar-refractivity contribution is 4.83. The van der Waals surface area contributed by atoms with Crippen molar-refractivity contribution in [1.82, 2.24) is 10.2 Å². The standard InChI is InChI=1S/C15H30N2O/c1-3-7-16-15-4-8-17(11-13(15)2)12-14-5-9-18-10-6-14/h13-16H,3-12H2,1-2H3. The van der Waals surface area contributed by atoms with Gasteiger partial charge in [0.15, 0.2) is 0 Å². The van der Waals surface area contributed by atoms with Gasteiger partial charge in [-0.3, -0.25) is 0 Å². The highest BCUT2D eigenvalue weighted by Crippen LogP contribution is 2.21. The zero-order valence-corrected chi connectivity index (χ0v) is 12.2. The molecule has 3 heteroatoms. The summed E-state index contributed by atoms with van der Waals surface area (Å²) in [5, 5.41) is 3.70. The van der Waals surface area contributed by atoms with Gasteiger partial charge in [-0.2, -0.15) is 0 Å². The quantitative estimate of drug-likeness (QED) is 0.813. The van der Waals surface area contributed by atoms with E-state index >= 15 is 0 Å². The van der Waals surface area contributed by atoms with Crippen LogP contribution in [-0.4, -0.2) is 50.3 Å². The lowest BCUT2D eigenvalue weighted by molar-refractivity contribution is 0.0426. The summed E-state index contributed by atoms with van der Waals surface area (Å²) in [4.78, 5) is 2.69. The zero-order chi connectivity index (χ0) is 12.8. The van der Waals surface area contributed by atoms with E-state index < -0.39 is 0 Å². The van der Waals surface area contributed by atoms with Gasteiger partial charge < -0.3 is 15.0 Å². The van der Waals surface area contributed by atoms with Crippen LogP contribution in [0.25, 0.3) is 0 Å². The Morgan fingerprint density at radius 1 is 1.22 bits per heavy atom. The third kappa shape index (κ3) is 4.22. The van der Waals surface area contributed by atoms with E-state index in [1.165, 1.54) is 51.9 Å². The minimum absolute atomic E-state index is 0.746. The van der Waals surface area contributed by atoms with Gasteiger partial charge in [0.25, 0.3) is 0 Å². The third-order valence-electron chi connectivity index (χ3n) is 4.50. The SMILES string of the molecule is CCCNC1CCN(CC2CCOCC2)CC1C. The summed E-state index contributed by atoms with van der Waals surface area (Å²) in [5.74, 6) is 1.68. The molecule has 2 atom stereocenters. The lowest BCUT2D eigenvalue weighted by atomic mass is 9.91. The van der Waals surface area contributed by atoms with Crippen molar-refractivity contribution in [1.29, 1.82) is 0 Å². The van der Waals surface area contributed by atoms with Crippen LogP contribution in [-0.2, 0) is 4.74 Å². The van der Waals surface area contributed by atoms with Gasteiger partial charge in [-0.15, -0.1) is 0 Å². The van der Waals surface area contributed by atoms with E-state index in [-0.39, 0.29) is 0 Å². The van der Waals surface area contributed by atoms with Crippen molar-refractivity contribution in [3.8, 4) is 0 Å². The second-order valence-corrected chi connectivity index (χ2v) is 6.14. The predicted molar refractivity (Wildman–Crippen MR) is 75.8 cm³/mol. The average molecular weight is 254 g/mol. The molecular weight excluding hydrogens is 224 g/mol. The van der Waals surface area contributed by atoms with Crippen LogP contribution < -0.4 is 5.32 Å². The topological polar surface area (TPSA) is 24.5 Å². The molecule has 2 heterocycles. The van der Waals surface area contributed by atoms with E-state index in [0.717, 1.165) is 31.1 Å². The maximum Gasteiger partial charge on any atom is 0.0469 e. The number of hydrogen-bond donors (Lipinski definition) is 1. The van der Waals surface area contributed by atoms with Gasteiger partial charge in [0.1, 0.15) is 0 Å². The van der Waals surface area contributed by atoms with Gasteiger partial charge in [0, 0.05) is 32.3 Å². The van der Waals surface area contributed by atoms with Crippen molar-refractivity contribution in [3.63, 3.8) is 0 Å². The molecule has 1 N–H and O–H groups in total. The summed E-state index contributed by atoms with van der Waals surface area (Å²) >= 11 is 0. The van der Waals surface area contributed by atoms with Crippen LogP contribution in [0, 0.1) is 11.8 Å². The monoisotopic (exact) mass is 254 g/mol. The molecule has 2 aliphatic rings. The summed E-state index contributed by atoms with van der Waals surface area (Å²) in [7, 11) is 0. The fraction of sp³-hybridized carbons (Fsp3) is 1.00. The van der Waals surface area contributed by atoms with E-state index in [1.54, 1.807) is 0 Å². The van der Waals surface area contributed by atoms with Gasteiger partial charge in [-0.25, -0.2) is 0 Å². The normalized spacial score (nSPS) is 31.7. The molecule has 2 aliphatic heterocycles. The van der Waals surface area contributed by atoms with E-state index in [9.17, 15) is 0 Å². The molecule has 0 aromatic carbocycles. The Morgan fingerprint density at radius 3 is 2.67 bits per heavy atom. The Hall–Kier alpha value is -0.120. The number of ether oxygens (including phenoxy) is 1. The first-order valence-corrected chi connectivity index (χ1v) is 7.83. The van der Waals surface area contributed by atoms with E-state index in [0.29, 0.717) is 0 Å². The van der Waals surface area contributed by atoms with Crippen molar-refractivity contribution in [3.05, 3.63) is 0 Å². The summed E-state index contributed by atoms with van der Waals surface area (Å²) < 4.78 is 5.44. The summed E-state index contributed by atoms with van der Waals surface area (Å²) in [5.41, 5.74) is 0. The highest BCUT2D eigenvalue weighted by Gasteiger charge is 2.27. The smallest absolute Gasteiger partial charge is 0.0469 e. The van der Waals surface area contributed by atoms with Crippen LogP contribution >= 0.6 is 0 Å². The molecule has 0 aromatic rings. The lowest BCUT2D eigenvalue weighted by Gasteiger charge is -2.39. The average Bonchev–Trinajstić information content (AvgIpc) is 2.39. The zero-order valence-electron chi connectivity index (χ0n) is 12.2. The van der Waals surface area contributed by atoms with Crippen molar-refractivity contribution >= 4 is 0 Å². The minimum Gasteiger partial charge on any atom is -0.381 e. The minimum atomic E-state index is 0.746. The van der Waals surface area contributed by atoms with Crippen molar-refractivity contribution in [2.45, 2.75) is 45.6 Å². The summed E-state index contributed by atoms with van der Waals surface area (Å²) in [6, 6.07) is 0.746. The molecule has 2 fully saturated rings. The molecule has 0 spiro atoms. The van der Waals surface area contributed by atoms with Crippen LogP contribution in [0.2, 0.25) is 0 Å². The Morgan fingerprint density at radius 2 is 2.00 bits per heavy atom. The first kappa shape index (κ1) is 14.3. The molecule has 2 saturated heterocycles. The van der Waals surface area contributed by atoms with Gasteiger partial charge in [-0.05, 0) is 50.6 Å². The second kappa shape index (κ2) is 7.46. The predicted octanol–water partition coefficient (Wildman–Crippen LogP) is 2.12. The van der Waals surface area contributed by atoms with Crippen molar-refractivity contribution in [2.75, 3.05) is 39.4 Å². The maximum absolute atomic E-state index is 5.44. The molecule has 18 heavy (non-hydrogen) atoms. The number of hydrogen-bond acceptors (Lipinski definition) is 3. The fourth-order valence-electron chi connectivity index (χ4n) is 3.32. The lowest BCUT2D eigenvalue weighted by Crippen LogP contribution is -2.49. The molecule has 0 bridgehead atoms. The Labute approximate surface area is 112 Å². The number of nitrogens with one attached hydrogen (secondary N) is 1. The fourth-order valence-corrected chi connectivity index (χ4v) is 3.32. The molecule has 2 unspecified atom stereocenters. The summed E-state index contributed by atoms with van der Waals surface area (Å²) in [6.45, 7) is 11.6. The molecule has 0 saturated carbocycles. The summed E-state index contributed by atoms with van der Waals surface area (Å²) in [6.07, 6.45) is 5.10. The number of likely N-dealkylation sites (tertiary alicyclic amines) is 1. The first-order chi connectivity index (χ1) is 8.79. The van der Waals surface area contributed by atoms with E-state index in [2.05, 4.69) is 24.1 Å². The van der Waals surface area contributed by atoms with Gasteiger partial charge in [0.2, 0.25) is 0 Å². The van der Waals surface area contributed by atoms with Crippen LogP contribution in [0.4, 0.5) is 0 Å². The molecule has 0 radical (unpaired) electrons. The van der Waals surface area contributed by atoms with Gasteiger partial charge in [-0.1, -0.05) is 13.8 Å². The number of rotatable bonds is 5. The second-order valence-electron chi connectivity index (χ2n) is 6.14. The van der Waals surface area contributed by atoms with Gasteiger partial charge in [0.05, 0.1) is 0 Å². The molecule has 2 rings (SSSR count). The number of nitrogens with zero attached hydrogens (tertiary/aromatic N) is 1. The highest BCUT2D eigenvalue weighted by atomic mass is 16.5. The largest absolute Gasteiger partial charge is 0.381 e. The van der Waals surface area contributed by atoms with E-state index in [4.69, 9.17) is 4.74 Å². The Kier molecular flexibility index (Phi) is 5.93. The third-order valence-corrected chi connectivity index (χ3v) is 4.50. The Balaban J connectivity index is 1.70. The van der Waals surface area contributed by atoms with Crippen LogP contribution in [0.15, 0.2) is 0 Å². The van der Waals surface area contributed by atoms with Crippen LogP contribution in [0.3, 0.4) is 0 Å². The van der Waals surface area contributed by atoms with Gasteiger partial charge >= 0.3 is 0 Å². The molecular formula is C15H30N2O.